The van der Waals surface area contributed by atoms with Gasteiger partial charge in [-0.3, -0.25) is 4.79 Å². The Morgan fingerprint density at radius 1 is 1.38 bits per heavy atom. The van der Waals surface area contributed by atoms with Gasteiger partial charge in [0, 0.05) is 12.1 Å². The highest BCUT2D eigenvalue weighted by atomic mass is 16.4. The molecule has 0 aromatic heterocycles. The van der Waals surface area contributed by atoms with Crippen molar-refractivity contribution in [1.82, 2.24) is 4.90 Å². The van der Waals surface area contributed by atoms with E-state index in [-0.39, 0.29) is 5.92 Å². The van der Waals surface area contributed by atoms with Gasteiger partial charge in [-0.05, 0) is 45.1 Å². The van der Waals surface area contributed by atoms with E-state index in [1.165, 1.54) is 19.3 Å². The fraction of sp³-hybridized carbons (Fsp3) is 0.923. The number of carbonyl (C=O) groups is 1. The predicted octanol–water partition coefficient (Wildman–Crippen LogP) is 2.36. The van der Waals surface area contributed by atoms with E-state index in [4.69, 9.17) is 0 Å². The molecular weight excluding hydrogens is 202 g/mol. The zero-order valence-electron chi connectivity index (χ0n) is 10.4. The first-order valence-electron chi connectivity index (χ1n) is 6.58. The normalized spacial score (nSPS) is 37.0. The first kappa shape index (κ1) is 11.9. The van der Waals surface area contributed by atoms with Gasteiger partial charge in [0.05, 0.1) is 5.92 Å². The molecule has 16 heavy (non-hydrogen) atoms. The minimum absolute atomic E-state index is 0.114. The van der Waals surface area contributed by atoms with Crippen LogP contribution in [-0.4, -0.2) is 35.1 Å². The third-order valence-electron chi connectivity index (χ3n) is 4.70. The van der Waals surface area contributed by atoms with Crippen LogP contribution in [0.2, 0.25) is 0 Å². The van der Waals surface area contributed by atoms with Crippen LogP contribution in [0.3, 0.4) is 0 Å². The van der Waals surface area contributed by atoms with Crippen molar-refractivity contribution in [3.8, 4) is 0 Å². The number of hydrogen-bond acceptors (Lipinski definition) is 2. The van der Waals surface area contributed by atoms with Crippen LogP contribution in [-0.2, 0) is 4.79 Å². The Balaban J connectivity index is 2.06. The van der Waals surface area contributed by atoms with E-state index >= 15 is 0 Å². The number of fused-ring (bicyclic) bond motifs is 2. The maximum absolute atomic E-state index is 11.2. The summed E-state index contributed by atoms with van der Waals surface area (Å²) in [6.45, 7) is 2.01. The van der Waals surface area contributed by atoms with Crippen molar-refractivity contribution < 1.29 is 9.90 Å². The lowest BCUT2D eigenvalue weighted by molar-refractivity contribution is -0.145. The van der Waals surface area contributed by atoms with Gasteiger partial charge in [0.15, 0.2) is 0 Å². The molecule has 3 heteroatoms. The average Bonchev–Trinajstić information content (AvgIpc) is 2.19. The summed E-state index contributed by atoms with van der Waals surface area (Å²) in [6.07, 6.45) is 6.83. The van der Waals surface area contributed by atoms with Crippen molar-refractivity contribution in [2.45, 2.75) is 57.5 Å². The van der Waals surface area contributed by atoms with Crippen molar-refractivity contribution in [1.29, 1.82) is 0 Å². The van der Waals surface area contributed by atoms with Crippen molar-refractivity contribution in [3.05, 3.63) is 0 Å². The van der Waals surface area contributed by atoms with Crippen molar-refractivity contribution in [2.75, 3.05) is 7.05 Å². The SMILES string of the molecule is CCC(C(=O)O)[C@@H]1C[C@H]2CCC[C@@H](C1)N2C. The summed E-state index contributed by atoms with van der Waals surface area (Å²) in [7, 11) is 2.21. The Morgan fingerprint density at radius 2 is 1.94 bits per heavy atom. The molecule has 2 aliphatic rings. The smallest absolute Gasteiger partial charge is 0.306 e. The van der Waals surface area contributed by atoms with Crippen LogP contribution < -0.4 is 0 Å². The molecule has 0 aliphatic carbocycles. The predicted molar refractivity (Wildman–Crippen MR) is 63.3 cm³/mol. The van der Waals surface area contributed by atoms with E-state index in [2.05, 4.69) is 11.9 Å². The van der Waals surface area contributed by atoms with Crippen LogP contribution in [0.25, 0.3) is 0 Å². The molecular formula is C13H23NO2. The Labute approximate surface area is 97.8 Å². The zero-order valence-corrected chi connectivity index (χ0v) is 10.4. The second-order valence-corrected chi connectivity index (χ2v) is 5.49. The number of piperidine rings is 2. The molecule has 0 aromatic carbocycles. The van der Waals surface area contributed by atoms with E-state index in [1.807, 2.05) is 6.92 Å². The molecule has 0 spiro atoms. The molecule has 3 nitrogen and oxygen atoms in total. The maximum atomic E-state index is 11.2. The number of carboxylic acid groups (broad SMARTS) is 1. The fourth-order valence-electron chi connectivity index (χ4n) is 3.70. The largest absolute Gasteiger partial charge is 0.481 e. The van der Waals surface area contributed by atoms with Crippen LogP contribution in [0.1, 0.15) is 45.4 Å². The Kier molecular flexibility index (Phi) is 3.53. The standard InChI is InChI=1S/C13H23NO2/c1-3-12(13(15)16)9-7-10-5-4-6-11(8-9)14(10)2/h9-12H,3-8H2,1-2H3,(H,15,16)/t9-,10-,11+,12?. The lowest BCUT2D eigenvalue weighted by atomic mass is 9.73. The van der Waals surface area contributed by atoms with E-state index in [0.29, 0.717) is 18.0 Å². The number of carboxylic acids is 1. The summed E-state index contributed by atoms with van der Waals surface area (Å²) < 4.78 is 0. The summed E-state index contributed by atoms with van der Waals surface area (Å²) in [5.41, 5.74) is 0. The zero-order chi connectivity index (χ0) is 11.7. The van der Waals surface area contributed by atoms with Gasteiger partial charge < -0.3 is 10.0 Å². The molecule has 2 heterocycles. The second-order valence-electron chi connectivity index (χ2n) is 5.49. The average molecular weight is 225 g/mol. The first-order chi connectivity index (χ1) is 7.63. The summed E-state index contributed by atoms with van der Waals surface area (Å²) in [5, 5.41) is 9.24. The minimum Gasteiger partial charge on any atom is -0.481 e. The molecule has 2 aliphatic heterocycles. The van der Waals surface area contributed by atoms with Crippen LogP contribution in [0.4, 0.5) is 0 Å². The van der Waals surface area contributed by atoms with Crippen molar-refractivity contribution in [3.63, 3.8) is 0 Å². The topological polar surface area (TPSA) is 40.5 Å². The Morgan fingerprint density at radius 3 is 2.38 bits per heavy atom. The second kappa shape index (κ2) is 4.74. The molecule has 0 amide bonds. The van der Waals surface area contributed by atoms with Gasteiger partial charge in [-0.1, -0.05) is 13.3 Å². The third kappa shape index (κ3) is 2.10. The van der Waals surface area contributed by atoms with Gasteiger partial charge in [-0.15, -0.1) is 0 Å². The van der Waals surface area contributed by atoms with Crippen molar-refractivity contribution >= 4 is 5.97 Å². The van der Waals surface area contributed by atoms with Gasteiger partial charge >= 0.3 is 5.97 Å². The summed E-state index contributed by atoms with van der Waals surface area (Å²) >= 11 is 0. The van der Waals surface area contributed by atoms with E-state index in [0.717, 1.165) is 19.3 Å². The van der Waals surface area contributed by atoms with Gasteiger partial charge in [0.1, 0.15) is 0 Å². The minimum atomic E-state index is -0.588. The van der Waals surface area contributed by atoms with E-state index in [9.17, 15) is 9.90 Å². The fourth-order valence-corrected chi connectivity index (χ4v) is 3.70. The highest BCUT2D eigenvalue weighted by molar-refractivity contribution is 5.70. The van der Waals surface area contributed by atoms with Crippen LogP contribution in [0, 0.1) is 11.8 Å². The first-order valence-corrected chi connectivity index (χ1v) is 6.58. The molecule has 2 bridgehead atoms. The van der Waals surface area contributed by atoms with Crippen molar-refractivity contribution in [2.24, 2.45) is 11.8 Å². The van der Waals surface area contributed by atoms with Gasteiger partial charge in [-0.25, -0.2) is 0 Å². The molecule has 0 aromatic rings. The quantitative estimate of drug-likeness (QED) is 0.801. The third-order valence-corrected chi connectivity index (χ3v) is 4.70. The van der Waals surface area contributed by atoms with E-state index < -0.39 is 5.97 Å². The number of nitrogens with zero attached hydrogens (tertiary/aromatic N) is 1. The van der Waals surface area contributed by atoms with Crippen LogP contribution >= 0.6 is 0 Å². The van der Waals surface area contributed by atoms with Crippen LogP contribution in [0.15, 0.2) is 0 Å². The highest BCUT2D eigenvalue weighted by Gasteiger charge is 2.40. The highest BCUT2D eigenvalue weighted by Crippen LogP contribution is 2.39. The summed E-state index contributed by atoms with van der Waals surface area (Å²) in [4.78, 5) is 13.7. The number of aliphatic carboxylic acids is 1. The lowest BCUT2D eigenvalue weighted by Gasteiger charge is -2.48. The molecule has 4 atom stereocenters. The molecule has 0 radical (unpaired) electrons. The molecule has 92 valence electrons. The molecule has 0 saturated carbocycles. The maximum Gasteiger partial charge on any atom is 0.306 e. The lowest BCUT2D eigenvalue weighted by Crippen LogP contribution is -2.51. The molecule has 2 rings (SSSR count). The molecule has 2 saturated heterocycles. The van der Waals surface area contributed by atoms with Gasteiger partial charge in [0.2, 0.25) is 0 Å². The monoisotopic (exact) mass is 225 g/mol. The molecule has 1 unspecified atom stereocenters. The summed E-state index contributed by atoms with van der Waals surface area (Å²) in [6, 6.07) is 1.29. The van der Waals surface area contributed by atoms with E-state index in [1.54, 1.807) is 0 Å². The van der Waals surface area contributed by atoms with Gasteiger partial charge in [-0.2, -0.15) is 0 Å². The van der Waals surface area contributed by atoms with Gasteiger partial charge in [0.25, 0.3) is 0 Å². The molecule has 2 fully saturated rings. The molecule has 1 N–H and O–H groups in total. The summed E-state index contributed by atoms with van der Waals surface area (Å²) in [5.74, 6) is -0.291. The van der Waals surface area contributed by atoms with Crippen LogP contribution in [0.5, 0.6) is 0 Å². The Bertz CT molecular complexity index is 253. The Hall–Kier alpha value is -0.570. The number of rotatable bonds is 3. The number of hydrogen-bond donors (Lipinski definition) is 1.